The van der Waals surface area contributed by atoms with E-state index < -0.39 is 222 Å². The lowest BCUT2D eigenvalue weighted by Crippen LogP contribution is -2.63. The minimum atomic E-state index is -2.03. The van der Waals surface area contributed by atoms with Gasteiger partial charge in [0.15, 0.2) is 5.96 Å². The predicted molar refractivity (Wildman–Crippen MR) is 363 cm³/mol. The van der Waals surface area contributed by atoms with Crippen LogP contribution in [0.25, 0.3) is 0 Å². The lowest BCUT2D eigenvalue weighted by molar-refractivity contribution is -0.144. The van der Waals surface area contributed by atoms with Crippen molar-refractivity contribution in [2.45, 2.75) is 232 Å². The van der Waals surface area contributed by atoms with Crippen LogP contribution >= 0.6 is 25.3 Å². The molecular formula is C60H108N16O20S2. The molecule has 0 aromatic carbocycles. The van der Waals surface area contributed by atoms with E-state index in [2.05, 4.69) is 94.1 Å². The summed E-state index contributed by atoms with van der Waals surface area (Å²) in [7, 11) is 0. The number of aliphatic hydroxyl groups is 4. The molecule has 98 heavy (non-hydrogen) atoms. The van der Waals surface area contributed by atoms with Gasteiger partial charge in [-0.15, -0.1) is 0 Å². The summed E-state index contributed by atoms with van der Waals surface area (Å²) in [6.07, 6.45) is -4.96. The Morgan fingerprint density at radius 3 is 1.13 bits per heavy atom. The van der Waals surface area contributed by atoms with Gasteiger partial charge >= 0.3 is 11.9 Å². The first-order valence-corrected chi connectivity index (χ1v) is 33.6. The predicted octanol–water partition coefficient (Wildman–Crippen LogP) is -6.42. The summed E-state index contributed by atoms with van der Waals surface area (Å²) in [5.41, 5.74) is 17.0. The molecule has 24 N–H and O–H groups in total. The van der Waals surface area contributed by atoms with Gasteiger partial charge in [-0.2, -0.15) is 25.3 Å². The van der Waals surface area contributed by atoms with E-state index in [0.717, 1.165) is 13.8 Å². The minimum absolute atomic E-state index is 0.0330. The third-order valence-electron chi connectivity index (χ3n) is 15.9. The van der Waals surface area contributed by atoms with Gasteiger partial charge in [0.1, 0.15) is 72.5 Å². The van der Waals surface area contributed by atoms with Crippen molar-refractivity contribution in [3.8, 4) is 0 Å². The molecule has 0 saturated carbocycles. The second-order valence-electron chi connectivity index (χ2n) is 25.0. The van der Waals surface area contributed by atoms with Crippen molar-refractivity contribution in [2.24, 2.45) is 51.8 Å². The normalized spacial score (nSPS) is 17.2. The molecule has 0 heterocycles. The number of carbonyl (C=O) groups excluding carboxylic acids is 12. The highest BCUT2D eigenvalue weighted by Crippen LogP contribution is 2.15. The fraction of sp³-hybridized carbons (Fsp3) is 0.750. The van der Waals surface area contributed by atoms with Gasteiger partial charge in [-0.05, 0) is 69.6 Å². The quantitative estimate of drug-likeness (QED) is 0.0117. The van der Waals surface area contributed by atoms with E-state index in [-0.39, 0.29) is 50.0 Å². The molecule has 12 amide bonds. The van der Waals surface area contributed by atoms with Crippen LogP contribution in [-0.4, -0.2) is 241 Å². The minimum Gasteiger partial charge on any atom is -0.481 e. The number of carboxylic acid groups (broad SMARTS) is 2. The van der Waals surface area contributed by atoms with E-state index in [1.807, 2.05) is 6.92 Å². The van der Waals surface area contributed by atoms with E-state index in [1.165, 1.54) is 20.8 Å². The molecule has 0 saturated heterocycles. The zero-order chi connectivity index (χ0) is 75.8. The van der Waals surface area contributed by atoms with Gasteiger partial charge < -0.3 is 112 Å². The Hall–Kier alpha value is -7.65. The standard InChI is InChI=1S/C60H108N16O20S2/c1-14-27(8)40(61)53(89)65-33(18-17-19-64-60(62)63)47(83)72-42(28(9)15-2)55(91)67-35(21-39(81)82)49(85)74-45(31(12)79)57(93)68-36(22-77)50(86)69-37(23-97)51(87)71-41(26(6)7)54(90)70-38(24-98)52(88)76-44(30(11)78)56(92)66-34(20-25(4)5)48(84)75-46(32(13)80)58(94)73-43(59(95)96)29(10)16-3/h25-38,40-46,77-80,97-98H,14-24,61H2,1-13H3,(H,65,89)(H,66,92)(H,67,91)(H,68,93)(H,69,86)(H,70,90)(H,71,87)(H,72,83)(H,73,94)(H,74,85)(H,75,84)(H,76,88)(H,81,82)(H,95,96)(H4,62,63,64)/t27-,28-,29-,30+,31+,32+,33-,34-,35-,36-,37-,38-,40-,41-,42-,43-,44-,45-,46-/m0/s1. The smallest absolute Gasteiger partial charge is 0.326 e. The van der Waals surface area contributed by atoms with E-state index in [9.17, 15) is 97.8 Å². The van der Waals surface area contributed by atoms with Gasteiger partial charge in [0.05, 0.1) is 37.4 Å². The number of nitrogens with one attached hydrogen (secondary N) is 12. The highest BCUT2D eigenvalue weighted by molar-refractivity contribution is 7.80. The van der Waals surface area contributed by atoms with Gasteiger partial charge in [-0.1, -0.05) is 88.5 Å². The van der Waals surface area contributed by atoms with Crippen molar-refractivity contribution >= 4 is 114 Å². The maximum absolute atomic E-state index is 14.0. The Balaban J connectivity index is 6.48. The number of nitrogens with two attached hydrogens (primary N) is 3. The second-order valence-corrected chi connectivity index (χ2v) is 25.7. The maximum atomic E-state index is 14.0. The van der Waals surface area contributed by atoms with Crippen LogP contribution in [0.3, 0.4) is 0 Å². The molecular weight excluding hydrogens is 1330 g/mol. The Labute approximate surface area is 581 Å². The number of guanidine groups is 1. The summed E-state index contributed by atoms with van der Waals surface area (Å²) in [4.78, 5) is 192. The molecule has 0 aliphatic carbocycles. The molecule has 38 heteroatoms. The van der Waals surface area contributed by atoms with Crippen LogP contribution in [0.15, 0.2) is 4.99 Å². The number of aliphatic imine (C=N–C) groups is 1. The summed E-state index contributed by atoms with van der Waals surface area (Å²) in [5, 5.41) is 89.9. The topological polar surface area (TPSA) is 595 Å². The van der Waals surface area contributed by atoms with Crippen molar-refractivity contribution in [1.82, 2.24) is 63.8 Å². The number of aliphatic carboxylic acids is 2. The van der Waals surface area contributed by atoms with Crippen molar-refractivity contribution in [3.63, 3.8) is 0 Å². The van der Waals surface area contributed by atoms with Gasteiger partial charge in [-0.3, -0.25) is 67.3 Å². The highest BCUT2D eigenvalue weighted by atomic mass is 32.1. The number of hydrogen-bond acceptors (Lipinski definition) is 22. The van der Waals surface area contributed by atoms with Crippen LogP contribution in [0.1, 0.15) is 135 Å². The summed E-state index contributed by atoms with van der Waals surface area (Å²) >= 11 is 8.32. The number of nitrogens with zero attached hydrogens (tertiary/aromatic N) is 1. The van der Waals surface area contributed by atoms with Crippen molar-refractivity contribution < 1.29 is 97.8 Å². The number of amides is 12. The van der Waals surface area contributed by atoms with Crippen molar-refractivity contribution in [3.05, 3.63) is 0 Å². The van der Waals surface area contributed by atoms with Gasteiger partial charge in [-0.25, -0.2) is 4.79 Å². The molecule has 0 bridgehead atoms. The number of aliphatic hydroxyl groups excluding tert-OH is 4. The van der Waals surface area contributed by atoms with E-state index in [4.69, 9.17) is 17.2 Å². The Bertz CT molecular complexity index is 2730. The molecule has 0 aliphatic rings. The fourth-order valence-electron chi connectivity index (χ4n) is 9.19. The molecule has 0 fully saturated rings. The first-order valence-electron chi connectivity index (χ1n) is 32.4. The SMILES string of the molecule is CC[C@H](C)[C@H](N)C(=O)N[C@@H](CCCN=C(N)N)C(=O)N[C@H](C(=O)N[C@@H](CC(=O)O)C(=O)N[C@H](C(=O)N[C@@H](CO)C(=O)N[C@@H](CS)C(=O)N[C@H](C(=O)N[C@@H](CS)C(=O)N[C@H](C(=O)N[C@@H](CC(C)C)C(=O)N[C@H](C(=O)N[C@H](C(=O)O)[C@@H](C)CC)[C@@H](C)O)[C@@H](C)O)C(C)C)[C@@H](C)O)[C@@H](C)CC. The highest BCUT2D eigenvalue weighted by Gasteiger charge is 2.40. The van der Waals surface area contributed by atoms with Crippen molar-refractivity contribution in [2.75, 3.05) is 24.7 Å². The number of hydrogen-bond donors (Lipinski definition) is 23. The van der Waals surface area contributed by atoms with Crippen LogP contribution in [0.4, 0.5) is 0 Å². The zero-order valence-electron chi connectivity index (χ0n) is 57.9. The first kappa shape index (κ1) is 90.3. The van der Waals surface area contributed by atoms with Crippen LogP contribution in [0.5, 0.6) is 0 Å². The van der Waals surface area contributed by atoms with E-state index in [1.54, 1.807) is 48.5 Å². The van der Waals surface area contributed by atoms with E-state index in [0.29, 0.717) is 12.8 Å². The third-order valence-corrected chi connectivity index (χ3v) is 16.7. The lowest BCUT2D eigenvalue weighted by Gasteiger charge is -2.30. The van der Waals surface area contributed by atoms with Crippen LogP contribution < -0.4 is 81.0 Å². The van der Waals surface area contributed by atoms with Gasteiger partial charge in [0.2, 0.25) is 70.9 Å². The average Bonchev–Trinajstić information content (AvgIpc) is 0.865. The Morgan fingerprint density at radius 1 is 0.408 bits per heavy atom. The molecule has 0 aliphatic heterocycles. The summed E-state index contributed by atoms with van der Waals surface area (Å²) < 4.78 is 0. The Morgan fingerprint density at radius 2 is 0.735 bits per heavy atom. The molecule has 19 atom stereocenters. The number of carbonyl (C=O) groups is 14. The molecule has 0 rings (SSSR count). The second kappa shape index (κ2) is 45.1. The summed E-state index contributed by atoms with van der Waals surface area (Å²) in [5.74, 6) is -19.6. The average molecular weight is 1440 g/mol. The van der Waals surface area contributed by atoms with Gasteiger partial charge in [0.25, 0.3) is 0 Å². The molecule has 0 spiro atoms. The molecule has 0 radical (unpaired) electrons. The number of carboxylic acids is 2. The molecule has 0 aromatic heterocycles. The first-order chi connectivity index (χ1) is 45.6. The molecule has 0 aromatic rings. The fourth-order valence-corrected chi connectivity index (χ4v) is 9.70. The van der Waals surface area contributed by atoms with Crippen LogP contribution in [-0.2, 0) is 67.1 Å². The lowest BCUT2D eigenvalue weighted by atomic mass is 9.96. The third kappa shape index (κ3) is 31.0. The van der Waals surface area contributed by atoms with Crippen LogP contribution in [0.2, 0.25) is 0 Å². The van der Waals surface area contributed by atoms with E-state index >= 15 is 0 Å². The number of thiol groups is 2. The Kier molecular flexibility index (Phi) is 41.6. The number of rotatable bonds is 46. The summed E-state index contributed by atoms with van der Waals surface area (Å²) in [6, 6.07) is -20.8. The zero-order valence-corrected chi connectivity index (χ0v) is 59.7. The molecule has 560 valence electrons. The summed E-state index contributed by atoms with van der Waals surface area (Å²) in [6.45, 7) is 18.6. The van der Waals surface area contributed by atoms with Crippen molar-refractivity contribution in [1.29, 1.82) is 0 Å². The monoisotopic (exact) mass is 1440 g/mol. The van der Waals surface area contributed by atoms with Gasteiger partial charge in [0, 0.05) is 18.1 Å². The molecule has 0 unspecified atom stereocenters. The van der Waals surface area contributed by atoms with Crippen LogP contribution in [0, 0.1) is 29.6 Å². The maximum Gasteiger partial charge on any atom is 0.326 e. The largest absolute Gasteiger partial charge is 0.481 e. The molecule has 36 nitrogen and oxygen atoms in total.